The van der Waals surface area contributed by atoms with E-state index in [4.69, 9.17) is 5.11 Å². The van der Waals surface area contributed by atoms with E-state index < -0.39 is 5.97 Å². The second-order valence-electron chi connectivity index (χ2n) is 2.85. The van der Waals surface area contributed by atoms with E-state index in [2.05, 4.69) is 0 Å². The van der Waals surface area contributed by atoms with E-state index in [-0.39, 0.29) is 5.78 Å². The lowest BCUT2D eigenvalue weighted by atomic mass is 10.1. The molecule has 0 aromatic heterocycles. The second kappa shape index (κ2) is 4.37. The van der Waals surface area contributed by atoms with E-state index in [1.165, 1.54) is 13.0 Å². The summed E-state index contributed by atoms with van der Waals surface area (Å²) in [5.74, 6) is -0.987. The number of rotatable bonds is 3. The summed E-state index contributed by atoms with van der Waals surface area (Å²) >= 11 is 0. The predicted octanol–water partition coefficient (Wildman–Crippen LogP) is 1.99. The van der Waals surface area contributed by atoms with Crippen LogP contribution in [0.5, 0.6) is 0 Å². The average molecular weight is 190 g/mol. The van der Waals surface area contributed by atoms with Crippen molar-refractivity contribution in [2.45, 2.75) is 6.92 Å². The van der Waals surface area contributed by atoms with Gasteiger partial charge in [0.05, 0.1) is 0 Å². The summed E-state index contributed by atoms with van der Waals surface area (Å²) in [5, 5.41) is 8.38. The Balaban J connectivity index is 2.83. The number of benzene rings is 1. The van der Waals surface area contributed by atoms with Gasteiger partial charge in [0.25, 0.3) is 0 Å². The molecule has 72 valence electrons. The first-order valence-electron chi connectivity index (χ1n) is 4.11. The topological polar surface area (TPSA) is 54.4 Å². The summed E-state index contributed by atoms with van der Waals surface area (Å²) in [6.07, 6.45) is 2.54. The fourth-order valence-corrected chi connectivity index (χ4v) is 0.996. The number of carbonyl (C=O) groups is 2. The highest BCUT2D eigenvalue weighted by Gasteiger charge is 1.97. The molecule has 0 saturated carbocycles. The van der Waals surface area contributed by atoms with Crippen molar-refractivity contribution < 1.29 is 14.7 Å². The predicted molar refractivity (Wildman–Crippen MR) is 53.1 cm³/mol. The Bertz CT molecular complexity index is 374. The zero-order chi connectivity index (χ0) is 10.6. The quantitative estimate of drug-likeness (QED) is 0.585. The first-order chi connectivity index (χ1) is 6.59. The van der Waals surface area contributed by atoms with Gasteiger partial charge in [-0.3, -0.25) is 4.79 Å². The largest absolute Gasteiger partial charge is 0.478 e. The Hall–Kier alpha value is -1.90. The summed E-state index contributed by atoms with van der Waals surface area (Å²) < 4.78 is 0. The molecule has 0 amide bonds. The van der Waals surface area contributed by atoms with Crippen LogP contribution in [0.3, 0.4) is 0 Å². The lowest BCUT2D eigenvalue weighted by Gasteiger charge is -1.95. The van der Waals surface area contributed by atoms with Crippen LogP contribution in [0.1, 0.15) is 22.8 Å². The van der Waals surface area contributed by atoms with Crippen LogP contribution >= 0.6 is 0 Å². The van der Waals surface area contributed by atoms with Gasteiger partial charge in [-0.05, 0) is 18.6 Å². The number of Topliss-reactive ketones (excluding diaryl/α,β-unsaturated/α-hetero) is 1. The Kier molecular flexibility index (Phi) is 3.18. The van der Waals surface area contributed by atoms with Gasteiger partial charge in [0.2, 0.25) is 0 Å². The van der Waals surface area contributed by atoms with Crippen LogP contribution in [0.4, 0.5) is 0 Å². The van der Waals surface area contributed by atoms with Crippen LogP contribution in [0.25, 0.3) is 6.08 Å². The second-order valence-corrected chi connectivity index (χ2v) is 2.85. The maximum Gasteiger partial charge on any atom is 0.328 e. The number of hydrogen-bond donors (Lipinski definition) is 1. The highest BCUT2D eigenvalue weighted by atomic mass is 16.4. The molecule has 0 atom stereocenters. The lowest BCUT2D eigenvalue weighted by molar-refractivity contribution is -0.131. The third-order valence-corrected chi connectivity index (χ3v) is 1.74. The standard InChI is InChI=1S/C11H10O3/c1-8(12)10-5-2-9(3-6-10)4-7-11(13)14/h2-7H,1H3,(H,13,14)/b7-4-. The molecular weight excluding hydrogens is 180 g/mol. The van der Waals surface area contributed by atoms with Gasteiger partial charge in [-0.2, -0.15) is 0 Å². The van der Waals surface area contributed by atoms with Crippen molar-refractivity contribution in [3.8, 4) is 0 Å². The summed E-state index contributed by atoms with van der Waals surface area (Å²) in [4.78, 5) is 21.1. The van der Waals surface area contributed by atoms with Crippen molar-refractivity contribution in [3.05, 3.63) is 41.5 Å². The molecule has 3 heteroatoms. The Labute approximate surface area is 81.7 Å². The SMILES string of the molecule is CC(=O)c1ccc(/C=C\C(=O)O)cc1. The zero-order valence-electron chi connectivity index (χ0n) is 7.73. The van der Waals surface area contributed by atoms with Gasteiger partial charge in [-0.15, -0.1) is 0 Å². The summed E-state index contributed by atoms with van der Waals surface area (Å²) in [5.41, 5.74) is 1.38. The number of aliphatic carboxylic acids is 1. The highest BCUT2D eigenvalue weighted by Crippen LogP contribution is 2.06. The first-order valence-corrected chi connectivity index (χ1v) is 4.11. The van der Waals surface area contributed by atoms with Crippen LogP contribution in [0, 0.1) is 0 Å². The van der Waals surface area contributed by atoms with Crippen molar-refractivity contribution >= 4 is 17.8 Å². The minimum atomic E-state index is -0.986. The molecule has 1 aromatic rings. The van der Waals surface area contributed by atoms with E-state index in [9.17, 15) is 9.59 Å². The maximum absolute atomic E-state index is 10.9. The first kappa shape index (κ1) is 10.2. The molecule has 0 spiro atoms. The third-order valence-electron chi connectivity index (χ3n) is 1.74. The zero-order valence-corrected chi connectivity index (χ0v) is 7.73. The molecule has 1 rings (SSSR count). The van der Waals surface area contributed by atoms with Gasteiger partial charge in [-0.25, -0.2) is 4.79 Å². The molecule has 14 heavy (non-hydrogen) atoms. The van der Waals surface area contributed by atoms with Gasteiger partial charge >= 0.3 is 5.97 Å². The molecule has 1 aromatic carbocycles. The van der Waals surface area contributed by atoms with Crippen LogP contribution in [0.15, 0.2) is 30.3 Å². The van der Waals surface area contributed by atoms with Crippen LogP contribution in [-0.4, -0.2) is 16.9 Å². The number of ketones is 1. The van der Waals surface area contributed by atoms with Crippen molar-refractivity contribution in [1.29, 1.82) is 0 Å². The summed E-state index contributed by atoms with van der Waals surface area (Å²) in [7, 11) is 0. The Morgan fingerprint density at radius 3 is 2.21 bits per heavy atom. The van der Waals surface area contributed by atoms with Crippen LogP contribution < -0.4 is 0 Å². The molecule has 3 nitrogen and oxygen atoms in total. The van der Waals surface area contributed by atoms with Crippen LogP contribution in [-0.2, 0) is 4.79 Å². The average Bonchev–Trinajstić information content (AvgIpc) is 2.15. The number of carbonyl (C=O) groups excluding carboxylic acids is 1. The molecule has 0 unspecified atom stereocenters. The number of carboxylic acids is 1. The normalized spacial score (nSPS) is 10.4. The molecule has 0 aliphatic carbocycles. The van der Waals surface area contributed by atoms with Gasteiger partial charge in [0, 0.05) is 11.6 Å². The third kappa shape index (κ3) is 2.86. The molecule has 0 radical (unpaired) electrons. The van der Waals surface area contributed by atoms with Crippen molar-refractivity contribution in [1.82, 2.24) is 0 Å². The Morgan fingerprint density at radius 2 is 1.79 bits per heavy atom. The van der Waals surface area contributed by atoms with Crippen molar-refractivity contribution in [3.63, 3.8) is 0 Å². The minimum Gasteiger partial charge on any atom is -0.478 e. The van der Waals surface area contributed by atoms with E-state index in [0.717, 1.165) is 11.6 Å². The van der Waals surface area contributed by atoms with Crippen molar-refractivity contribution in [2.75, 3.05) is 0 Å². The van der Waals surface area contributed by atoms with E-state index >= 15 is 0 Å². The summed E-state index contributed by atoms with van der Waals surface area (Å²) in [6, 6.07) is 6.75. The lowest BCUT2D eigenvalue weighted by Crippen LogP contribution is -1.91. The van der Waals surface area contributed by atoms with E-state index in [1.54, 1.807) is 24.3 Å². The minimum absolute atomic E-state index is 0.00114. The molecule has 0 heterocycles. The molecule has 0 aliphatic heterocycles. The Morgan fingerprint density at radius 1 is 1.21 bits per heavy atom. The molecule has 0 bridgehead atoms. The maximum atomic E-state index is 10.9. The molecule has 0 fully saturated rings. The van der Waals surface area contributed by atoms with Crippen molar-refractivity contribution in [2.24, 2.45) is 0 Å². The molecule has 1 N–H and O–H groups in total. The summed E-state index contributed by atoms with van der Waals surface area (Å²) in [6.45, 7) is 1.49. The fourth-order valence-electron chi connectivity index (χ4n) is 0.996. The van der Waals surface area contributed by atoms with E-state index in [0.29, 0.717) is 5.56 Å². The molecule has 0 aliphatic rings. The monoisotopic (exact) mass is 190 g/mol. The fraction of sp³-hybridized carbons (Fsp3) is 0.0909. The number of carboxylic acid groups (broad SMARTS) is 1. The van der Waals surface area contributed by atoms with Gasteiger partial charge in [0.1, 0.15) is 0 Å². The van der Waals surface area contributed by atoms with Gasteiger partial charge in [0.15, 0.2) is 5.78 Å². The number of hydrogen-bond acceptors (Lipinski definition) is 2. The van der Waals surface area contributed by atoms with E-state index in [1.807, 2.05) is 0 Å². The van der Waals surface area contributed by atoms with Crippen LogP contribution in [0.2, 0.25) is 0 Å². The smallest absolute Gasteiger partial charge is 0.328 e. The molecular formula is C11H10O3. The van der Waals surface area contributed by atoms with Gasteiger partial charge in [-0.1, -0.05) is 24.3 Å². The van der Waals surface area contributed by atoms with Gasteiger partial charge < -0.3 is 5.11 Å². The highest BCUT2D eigenvalue weighted by molar-refractivity contribution is 5.94. The molecule has 0 saturated heterocycles.